The second-order valence-corrected chi connectivity index (χ2v) is 9.33. The molecule has 5 heterocycles. The first-order valence-corrected chi connectivity index (χ1v) is 11.8. The third-order valence-electron chi connectivity index (χ3n) is 7.15. The maximum absolute atomic E-state index is 12.6. The lowest BCUT2D eigenvalue weighted by Gasteiger charge is -2.57. The molecule has 178 valence electrons. The second kappa shape index (κ2) is 10.9. The number of carboxylic acid groups (broad SMARTS) is 1. The van der Waals surface area contributed by atoms with Gasteiger partial charge in [-0.2, -0.15) is 0 Å². The summed E-state index contributed by atoms with van der Waals surface area (Å²) in [4.78, 5) is 30.5. The van der Waals surface area contributed by atoms with Crippen LogP contribution >= 0.6 is 0 Å². The number of rotatable bonds is 5. The van der Waals surface area contributed by atoms with Crippen molar-refractivity contribution < 1.29 is 19.2 Å². The molecule has 9 heteroatoms. The van der Waals surface area contributed by atoms with E-state index in [9.17, 15) is 4.79 Å². The number of hydrogen-bond acceptors (Lipinski definition) is 7. The summed E-state index contributed by atoms with van der Waals surface area (Å²) in [5, 5.41) is 13.9. The van der Waals surface area contributed by atoms with Crippen molar-refractivity contribution in [2.24, 2.45) is 11.8 Å². The van der Waals surface area contributed by atoms with Crippen molar-refractivity contribution in [3.8, 4) is 0 Å². The Morgan fingerprint density at radius 3 is 2.88 bits per heavy atom. The first-order chi connectivity index (χ1) is 16.1. The van der Waals surface area contributed by atoms with Gasteiger partial charge in [-0.1, -0.05) is 17.6 Å². The van der Waals surface area contributed by atoms with Gasteiger partial charge in [-0.3, -0.25) is 24.4 Å². The van der Waals surface area contributed by atoms with Gasteiger partial charge in [0, 0.05) is 56.7 Å². The zero-order valence-corrected chi connectivity index (χ0v) is 19.1. The highest BCUT2D eigenvalue weighted by Gasteiger charge is 2.47. The Morgan fingerprint density at radius 1 is 1.33 bits per heavy atom. The van der Waals surface area contributed by atoms with Gasteiger partial charge in [-0.25, -0.2) is 0 Å². The number of likely N-dealkylation sites (tertiary alicyclic amines) is 1. The molecule has 3 saturated heterocycles. The smallest absolute Gasteiger partial charge is 0.290 e. The molecule has 2 aromatic heterocycles. The van der Waals surface area contributed by atoms with Gasteiger partial charge in [0.15, 0.2) is 0 Å². The molecule has 2 N–H and O–H groups in total. The summed E-state index contributed by atoms with van der Waals surface area (Å²) in [5.74, 6) is 1.45. The van der Waals surface area contributed by atoms with Gasteiger partial charge >= 0.3 is 0 Å². The summed E-state index contributed by atoms with van der Waals surface area (Å²) in [5.41, 5.74) is 2.01. The van der Waals surface area contributed by atoms with Crippen LogP contribution in [0.4, 0.5) is 0 Å². The third kappa shape index (κ3) is 5.59. The van der Waals surface area contributed by atoms with Gasteiger partial charge in [-0.05, 0) is 56.2 Å². The van der Waals surface area contributed by atoms with Crippen molar-refractivity contribution in [3.05, 3.63) is 47.6 Å². The predicted molar refractivity (Wildman–Crippen MR) is 122 cm³/mol. The van der Waals surface area contributed by atoms with Crippen LogP contribution < -0.4 is 5.32 Å². The van der Waals surface area contributed by atoms with E-state index < -0.39 is 0 Å². The van der Waals surface area contributed by atoms with Crippen LogP contribution in [-0.4, -0.2) is 75.7 Å². The van der Waals surface area contributed by atoms with E-state index >= 15 is 0 Å². The zero-order valence-electron chi connectivity index (χ0n) is 19.1. The summed E-state index contributed by atoms with van der Waals surface area (Å²) >= 11 is 0. The summed E-state index contributed by atoms with van der Waals surface area (Å²) in [7, 11) is 0. The standard InChI is InChI=1S/C23H31N5O2.CH2O2/c1-16-9-22(30-26-16)23(29)25-12-21-19-10-18(20-6-2-3-8-28(20)21)14-27(15-19)13-17-5-4-7-24-11-17;2-1-3/h4-5,7,9,11,18-21H,2-3,6,8,10,12-15H2,1H3,(H,25,29);1H,(H,2,3)/t18-,19+,20+,21+;/m1./s1. The maximum atomic E-state index is 12.6. The molecule has 1 amide bonds. The molecule has 0 aromatic carbocycles. The lowest BCUT2D eigenvalue weighted by atomic mass is 9.72. The Hall–Kier alpha value is -2.78. The number of fused-ring (bicyclic) bond motifs is 4. The minimum atomic E-state index is -0.250. The molecule has 9 nitrogen and oxygen atoms in total. The fourth-order valence-corrected chi connectivity index (χ4v) is 5.92. The SMILES string of the molecule is Cc1cc(C(=O)NC[C@H]2[C@H]3C[C@H](CN(Cc4cccnc4)C3)[C@@H]3CCCCN32)on1.O=CO. The highest BCUT2D eigenvalue weighted by molar-refractivity contribution is 5.91. The van der Waals surface area contributed by atoms with E-state index in [-0.39, 0.29) is 12.4 Å². The number of carbonyl (C=O) groups is 2. The topological polar surface area (TPSA) is 112 Å². The zero-order chi connectivity index (χ0) is 23.2. The summed E-state index contributed by atoms with van der Waals surface area (Å²) in [6.45, 7) is 6.62. The number of nitrogens with zero attached hydrogens (tertiary/aromatic N) is 4. The van der Waals surface area contributed by atoms with Gasteiger partial charge in [-0.15, -0.1) is 0 Å². The highest BCUT2D eigenvalue weighted by Crippen LogP contribution is 2.41. The maximum Gasteiger partial charge on any atom is 0.290 e. The van der Waals surface area contributed by atoms with Crippen molar-refractivity contribution in [2.75, 3.05) is 26.2 Å². The second-order valence-electron chi connectivity index (χ2n) is 9.33. The molecule has 0 unspecified atom stereocenters. The van der Waals surface area contributed by atoms with Crippen molar-refractivity contribution >= 4 is 12.4 Å². The average molecular weight is 456 g/mol. The van der Waals surface area contributed by atoms with Crippen LogP contribution in [0.15, 0.2) is 35.1 Å². The van der Waals surface area contributed by atoms with Gasteiger partial charge in [0.05, 0.1) is 5.69 Å². The quantitative estimate of drug-likeness (QED) is 0.660. The van der Waals surface area contributed by atoms with Crippen LogP contribution in [0.5, 0.6) is 0 Å². The number of hydrogen-bond donors (Lipinski definition) is 2. The van der Waals surface area contributed by atoms with Crippen LogP contribution in [0, 0.1) is 18.8 Å². The largest absolute Gasteiger partial charge is 0.483 e. The van der Waals surface area contributed by atoms with E-state index in [0.717, 1.165) is 31.2 Å². The summed E-state index contributed by atoms with van der Waals surface area (Å²) < 4.78 is 5.15. The molecule has 0 saturated carbocycles. The molecule has 3 aliphatic rings. The molecule has 0 aliphatic carbocycles. The minimum Gasteiger partial charge on any atom is -0.483 e. The van der Waals surface area contributed by atoms with Gasteiger partial charge in [0.1, 0.15) is 0 Å². The van der Waals surface area contributed by atoms with E-state index in [0.29, 0.717) is 30.3 Å². The monoisotopic (exact) mass is 455 g/mol. The van der Waals surface area contributed by atoms with Crippen LogP contribution in [-0.2, 0) is 11.3 Å². The van der Waals surface area contributed by atoms with E-state index in [1.165, 1.54) is 37.8 Å². The molecule has 0 radical (unpaired) electrons. The third-order valence-corrected chi connectivity index (χ3v) is 7.15. The number of carbonyl (C=O) groups excluding carboxylic acids is 1. The molecule has 3 aliphatic heterocycles. The number of nitrogens with one attached hydrogen (secondary N) is 1. The Labute approximate surface area is 194 Å². The van der Waals surface area contributed by atoms with Crippen LogP contribution in [0.2, 0.25) is 0 Å². The molecule has 2 aromatic rings. The lowest BCUT2D eigenvalue weighted by Crippen LogP contribution is -2.65. The van der Waals surface area contributed by atoms with Crippen molar-refractivity contribution in [3.63, 3.8) is 0 Å². The molecule has 0 spiro atoms. The van der Waals surface area contributed by atoms with E-state index in [1.807, 2.05) is 25.4 Å². The van der Waals surface area contributed by atoms with Crippen LogP contribution in [0.25, 0.3) is 0 Å². The number of amides is 1. The highest BCUT2D eigenvalue weighted by atomic mass is 16.5. The fraction of sp³-hybridized carbons (Fsp3) is 0.583. The van der Waals surface area contributed by atoms with Crippen LogP contribution in [0.1, 0.15) is 47.5 Å². The molecule has 2 bridgehead atoms. The number of aryl methyl sites for hydroxylation is 1. The summed E-state index contributed by atoms with van der Waals surface area (Å²) in [6.07, 6.45) is 8.95. The van der Waals surface area contributed by atoms with E-state index in [4.69, 9.17) is 14.4 Å². The lowest BCUT2D eigenvalue weighted by molar-refractivity contribution is -0.122. The normalized spacial score (nSPS) is 27.1. The minimum absolute atomic E-state index is 0.158. The first-order valence-electron chi connectivity index (χ1n) is 11.8. The number of piperidine rings is 3. The van der Waals surface area contributed by atoms with Gasteiger partial charge in [0.2, 0.25) is 5.76 Å². The van der Waals surface area contributed by atoms with E-state index in [1.54, 1.807) is 6.07 Å². The van der Waals surface area contributed by atoms with Crippen molar-refractivity contribution in [1.82, 2.24) is 25.3 Å². The number of pyridine rings is 1. The van der Waals surface area contributed by atoms with Gasteiger partial charge < -0.3 is 14.9 Å². The molecular weight excluding hydrogens is 422 g/mol. The molecule has 4 atom stereocenters. The molecular formula is C24H33N5O4. The Kier molecular flexibility index (Phi) is 7.72. The van der Waals surface area contributed by atoms with Crippen molar-refractivity contribution in [1.29, 1.82) is 0 Å². The van der Waals surface area contributed by atoms with Gasteiger partial charge in [0.25, 0.3) is 12.4 Å². The Bertz CT molecular complexity index is 921. The van der Waals surface area contributed by atoms with Crippen molar-refractivity contribution in [2.45, 2.75) is 51.2 Å². The Morgan fingerprint density at radius 2 is 2.15 bits per heavy atom. The average Bonchev–Trinajstić information content (AvgIpc) is 3.26. The first kappa shape index (κ1) is 23.4. The predicted octanol–water partition coefficient (Wildman–Crippen LogP) is 2.18. The summed E-state index contributed by atoms with van der Waals surface area (Å²) in [6, 6.07) is 6.91. The molecule has 33 heavy (non-hydrogen) atoms. The number of aromatic nitrogens is 2. The fourth-order valence-electron chi connectivity index (χ4n) is 5.92. The Balaban J connectivity index is 0.000000821. The molecule has 5 rings (SSSR count). The van der Waals surface area contributed by atoms with Crippen LogP contribution in [0.3, 0.4) is 0 Å². The van der Waals surface area contributed by atoms with E-state index in [2.05, 4.69) is 31.3 Å². The molecule has 3 fully saturated rings.